The molecule has 1 unspecified atom stereocenters. The van der Waals surface area contributed by atoms with Crippen LogP contribution in [-0.4, -0.2) is 36.3 Å². The maximum absolute atomic E-state index is 12.9. The number of amides is 2. The number of anilines is 1. The lowest BCUT2D eigenvalue weighted by Gasteiger charge is -2.32. The molecule has 1 atom stereocenters. The molecule has 6 heteroatoms. The molecule has 0 radical (unpaired) electrons. The Morgan fingerprint density at radius 1 is 1.17 bits per heavy atom. The minimum atomic E-state index is -0.232. The van der Waals surface area contributed by atoms with E-state index < -0.39 is 0 Å². The summed E-state index contributed by atoms with van der Waals surface area (Å²) in [4.78, 5) is 27.5. The molecular weight excluding hydrogens is 386 g/mol. The van der Waals surface area contributed by atoms with Crippen molar-refractivity contribution in [3.8, 4) is 0 Å². The molecule has 2 N–H and O–H groups in total. The molecule has 3 rings (SSSR count). The summed E-state index contributed by atoms with van der Waals surface area (Å²) in [6, 6.07) is 14.9. The molecule has 2 aromatic rings. The number of hydrogen-bond donors (Lipinski definition) is 2. The summed E-state index contributed by atoms with van der Waals surface area (Å²) in [5.74, 6) is -0.418. The largest absolute Gasteiger partial charge is 0.349 e. The first-order valence-corrected chi connectivity index (χ1v) is 10.2. The Kier molecular flexibility index (Phi) is 7.44. The first-order chi connectivity index (χ1) is 14.1. The van der Waals surface area contributed by atoms with Crippen molar-refractivity contribution in [2.75, 3.05) is 25.0 Å². The van der Waals surface area contributed by atoms with Gasteiger partial charge in [0, 0.05) is 24.7 Å². The number of para-hydroxylation sites is 1. The van der Waals surface area contributed by atoms with E-state index in [2.05, 4.69) is 22.1 Å². The second kappa shape index (κ2) is 10.2. The number of nitrogens with zero attached hydrogens (tertiary/aromatic N) is 1. The smallest absolute Gasteiger partial charge is 0.253 e. The zero-order valence-electron chi connectivity index (χ0n) is 16.4. The Bertz CT molecular complexity index is 884. The number of benzene rings is 2. The summed E-state index contributed by atoms with van der Waals surface area (Å²) in [5, 5.41) is 6.46. The molecule has 1 aliphatic rings. The summed E-state index contributed by atoms with van der Waals surface area (Å²) >= 11 is 6.28. The summed E-state index contributed by atoms with van der Waals surface area (Å²) in [5.41, 5.74) is 2.05. The third-order valence-electron chi connectivity index (χ3n) is 5.06. The number of halogens is 1. The average Bonchev–Trinajstić information content (AvgIpc) is 2.74. The SMILES string of the molecule is C=CCNC(=O)c1ccccc1NC(=O)C1CCCN(Cc2ccccc2Cl)C1. The normalized spacial score (nSPS) is 16.8. The van der Waals surface area contributed by atoms with Gasteiger partial charge in [-0.1, -0.05) is 48.0 Å². The zero-order chi connectivity index (χ0) is 20.6. The van der Waals surface area contributed by atoms with Crippen LogP contribution in [0.5, 0.6) is 0 Å². The Hall–Kier alpha value is -2.63. The van der Waals surface area contributed by atoms with Crippen molar-refractivity contribution in [3.05, 3.63) is 77.3 Å². The highest BCUT2D eigenvalue weighted by molar-refractivity contribution is 6.31. The molecule has 2 amide bonds. The van der Waals surface area contributed by atoms with Crippen molar-refractivity contribution in [3.63, 3.8) is 0 Å². The molecule has 1 fully saturated rings. The third-order valence-corrected chi connectivity index (χ3v) is 5.43. The number of piperidine rings is 1. The van der Waals surface area contributed by atoms with Crippen molar-refractivity contribution < 1.29 is 9.59 Å². The first-order valence-electron chi connectivity index (χ1n) is 9.83. The van der Waals surface area contributed by atoms with Crippen molar-refractivity contribution in [2.45, 2.75) is 19.4 Å². The summed E-state index contributed by atoms with van der Waals surface area (Å²) in [7, 11) is 0. The minimum absolute atomic E-state index is 0.0576. The van der Waals surface area contributed by atoms with Gasteiger partial charge in [0.2, 0.25) is 5.91 Å². The number of nitrogens with one attached hydrogen (secondary N) is 2. The molecular formula is C23H26ClN3O2. The van der Waals surface area contributed by atoms with Gasteiger partial charge in [0.25, 0.3) is 5.91 Å². The van der Waals surface area contributed by atoms with Gasteiger partial charge in [0.1, 0.15) is 0 Å². The molecule has 5 nitrogen and oxygen atoms in total. The van der Waals surface area contributed by atoms with E-state index in [0.29, 0.717) is 24.3 Å². The van der Waals surface area contributed by atoms with E-state index >= 15 is 0 Å². The molecule has 0 aromatic heterocycles. The topological polar surface area (TPSA) is 61.4 Å². The fourth-order valence-corrected chi connectivity index (χ4v) is 3.76. The Morgan fingerprint density at radius 3 is 2.72 bits per heavy atom. The van der Waals surface area contributed by atoms with Crippen LogP contribution in [0, 0.1) is 5.92 Å². The van der Waals surface area contributed by atoms with Gasteiger partial charge in [-0.3, -0.25) is 14.5 Å². The Morgan fingerprint density at radius 2 is 1.93 bits per heavy atom. The first kappa shape index (κ1) is 21.1. The molecule has 0 spiro atoms. The molecule has 0 bridgehead atoms. The van der Waals surface area contributed by atoms with Gasteiger partial charge in [0.05, 0.1) is 17.2 Å². The molecule has 0 saturated carbocycles. The number of hydrogen-bond acceptors (Lipinski definition) is 3. The van der Waals surface area contributed by atoms with Crippen LogP contribution in [0.1, 0.15) is 28.8 Å². The second-order valence-corrected chi connectivity index (χ2v) is 7.61. The fourth-order valence-electron chi connectivity index (χ4n) is 3.57. The van der Waals surface area contributed by atoms with Crippen LogP contribution in [0.3, 0.4) is 0 Å². The number of carbonyl (C=O) groups excluding carboxylic acids is 2. The summed E-state index contributed by atoms with van der Waals surface area (Å²) in [6.45, 7) is 6.31. The van der Waals surface area contributed by atoms with Crippen LogP contribution in [0.4, 0.5) is 5.69 Å². The lowest BCUT2D eigenvalue weighted by Crippen LogP contribution is -2.40. The molecule has 2 aromatic carbocycles. The van der Waals surface area contributed by atoms with Gasteiger partial charge in [-0.2, -0.15) is 0 Å². The van der Waals surface area contributed by atoms with E-state index in [0.717, 1.165) is 36.5 Å². The van der Waals surface area contributed by atoms with Gasteiger partial charge >= 0.3 is 0 Å². The van der Waals surface area contributed by atoms with Crippen molar-refractivity contribution in [2.24, 2.45) is 5.92 Å². The van der Waals surface area contributed by atoms with E-state index in [1.807, 2.05) is 30.3 Å². The highest BCUT2D eigenvalue weighted by Crippen LogP contribution is 2.24. The highest BCUT2D eigenvalue weighted by Gasteiger charge is 2.27. The Labute approximate surface area is 176 Å². The van der Waals surface area contributed by atoms with Gasteiger partial charge in [-0.25, -0.2) is 0 Å². The predicted molar refractivity (Wildman–Crippen MR) is 117 cm³/mol. The lowest BCUT2D eigenvalue weighted by atomic mass is 9.96. The van der Waals surface area contributed by atoms with E-state index in [9.17, 15) is 9.59 Å². The van der Waals surface area contributed by atoms with Crippen LogP contribution in [-0.2, 0) is 11.3 Å². The minimum Gasteiger partial charge on any atom is -0.349 e. The average molecular weight is 412 g/mol. The molecule has 152 valence electrons. The Balaban J connectivity index is 1.64. The van der Waals surface area contributed by atoms with E-state index in [-0.39, 0.29) is 17.7 Å². The van der Waals surface area contributed by atoms with E-state index in [4.69, 9.17) is 11.6 Å². The second-order valence-electron chi connectivity index (χ2n) is 7.20. The maximum atomic E-state index is 12.9. The third kappa shape index (κ3) is 5.68. The van der Waals surface area contributed by atoms with Gasteiger partial charge in [-0.15, -0.1) is 6.58 Å². The van der Waals surface area contributed by atoms with Crippen LogP contribution in [0.25, 0.3) is 0 Å². The fraction of sp³-hybridized carbons (Fsp3) is 0.304. The molecule has 1 saturated heterocycles. The van der Waals surface area contributed by atoms with Crippen molar-refractivity contribution in [1.82, 2.24) is 10.2 Å². The molecule has 0 aliphatic carbocycles. The monoisotopic (exact) mass is 411 g/mol. The lowest BCUT2D eigenvalue weighted by molar-refractivity contribution is -0.121. The molecule has 1 aliphatic heterocycles. The number of rotatable bonds is 7. The summed E-state index contributed by atoms with van der Waals surface area (Å²) < 4.78 is 0. The maximum Gasteiger partial charge on any atom is 0.253 e. The van der Waals surface area contributed by atoms with Crippen LogP contribution < -0.4 is 10.6 Å². The van der Waals surface area contributed by atoms with E-state index in [1.165, 1.54) is 0 Å². The summed E-state index contributed by atoms with van der Waals surface area (Å²) in [6.07, 6.45) is 3.40. The van der Waals surface area contributed by atoms with Crippen LogP contribution in [0.15, 0.2) is 61.2 Å². The van der Waals surface area contributed by atoms with Gasteiger partial charge in [-0.05, 0) is 43.1 Å². The molecule has 1 heterocycles. The number of likely N-dealkylation sites (tertiary alicyclic amines) is 1. The van der Waals surface area contributed by atoms with Crippen LogP contribution >= 0.6 is 11.6 Å². The predicted octanol–water partition coefficient (Wildman–Crippen LogP) is 4.11. The number of carbonyl (C=O) groups is 2. The van der Waals surface area contributed by atoms with Gasteiger partial charge < -0.3 is 10.6 Å². The zero-order valence-corrected chi connectivity index (χ0v) is 17.1. The standard InChI is InChI=1S/C23H26ClN3O2/c1-2-13-25-23(29)19-10-4-6-12-21(19)26-22(28)18-9-7-14-27(16-18)15-17-8-3-5-11-20(17)24/h2-6,8,10-12,18H,1,7,9,13-16H2,(H,25,29)(H,26,28). The van der Waals surface area contributed by atoms with Crippen molar-refractivity contribution in [1.29, 1.82) is 0 Å². The van der Waals surface area contributed by atoms with E-state index in [1.54, 1.807) is 24.3 Å². The molecule has 29 heavy (non-hydrogen) atoms. The van der Waals surface area contributed by atoms with Crippen molar-refractivity contribution >= 4 is 29.1 Å². The quantitative estimate of drug-likeness (QED) is 0.674. The highest BCUT2D eigenvalue weighted by atomic mass is 35.5. The van der Waals surface area contributed by atoms with Gasteiger partial charge in [0.15, 0.2) is 0 Å². The van der Waals surface area contributed by atoms with Crippen LogP contribution in [0.2, 0.25) is 5.02 Å².